The van der Waals surface area contributed by atoms with Crippen LogP contribution in [0.5, 0.6) is 0 Å². The van der Waals surface area contributed by atoms with E-state index in [9.17, 15) is 0 Å². The van der Waals surface area contributed by atoms with Crippen LogP contribution in [0.4, 0.5) is 5.82 Å². The lowest BCUT2D eigenvalue weighted by atomic mass is 10.1. The number of nitriles is 1. The molecule has 0 amide bonds. The Morgan fingerprint density at radius 1 is 1.50 bits per heavy atom. The van der Waals surface area contributed by atoms with Crippen LogP contribution in [0.3, 0.4) is 0 Å². The van der Waals surface area contributed by atoms with Crippen molar-refractivity contribution in [2.24, 2.45) is 0 Å². The molecule has 0 radical (unpaired) electrons. The molecule has 1 heterocycles. The first kappa shape index (κ1) is 10.5. The summed E-state index contributed by atoms with van der Waals surface area (Å²) in [4.78, 5) is 0. The van der Waals surface area contributed by atoms with Gasteiger partial charge < -0.3 is 5.32 Å². The minimum Gasteiger partial charge on any atom is -0.365 e. The molecule has 14 heavy (non-hydrogen) atoms. The van der Waals surface area contributed by atoms with E-state index in [0.29, 0.717) is 17.4 Å². The van der Waals surface area contributed by atoms with E-state index in [0.717, 1.165) is 12.8 Å². The summed E-state index contributed by atoms with van der Waals surface area (Å²) in [5, 5.41) is 19.7. The van der Waals surface area contributed by atoms with Crippen molar-refractivity contribution >= 4 is 5.82 Å². The van der Waals surface area contributed by atoms with Gasteiger partial charge in [-0.2, -0.15) is 10.4 Å². The van der Waals surface area contributed by atoms with Gasteiger partial charge in [-0.3, -0.25) is 0 Å². The second-order valence-electron chi connectivity index (χ2n) is 3.06. The SMILES string of the molecule is CCC(CC)Nc1nnccc1C#N. The highest BCUT2D eigenvalue weighted by Crippen LogP contribution is 2.12. The van der Waals surface area contributed by atoms with Gasteiger partial charge in [0.05, 0.1) is 11.8 Å². The first-order valence-corrected chi connectivity index (χ1v) is 4.80. The van der Waals surface area contributed by atoms with Crippen molar-refractivity contribution in [1.82, 2.24) is 10.2 Å². The lowest BCUT2D eigenvalue weighted by Gasteiger charge is -2.15. The molecule has 1 aromatic heterocycles. The number of anilines is 1. The van der Waals surface area contributed by atoms with Crippen molar-refractivity contribution in [3.63, 3.8) is 0 Å². The molecule has 0 spiro atoms. The largest absolute Gasteiger partial charge is 0.365 e. The maximum Gasteiger partial charge on any atom is 0.166 e. The number of nitrogens with one attached hydrogen (secondary N) is 1. The molecule has 1 rings (SSSR count). The molecule has 0 fully saturated rings. The highest BCUT2D eigenvalue weighted by atomic mass is 15.2. The van der Waals surface area contributed by atoms with Gasteiger partial charge in [-0.15, -0.1) is 5.10 Å². The first-order valence-electron chi connectivity index (χ1n) is 4.80. The third-order valence-electron chi connectivity index (χ3n) is 2.17. The van der Waals surface area contributed by atoms with Crippen LogP contribution in [0.1, 0.15) is 32.3 Å². The van der Waals surface area contributed by atoms with Gasteiger partial charge in [0, 0.05) is 6.04 Å². The van der Waals surface area contributed by atoms with E-state index >= 15 is 0 Å². The second-order valence-corrected chi connectivity index (χ2v) is 3.06. The fourth-order valence-electron chi connectivity index (χ4n) is 1.21. The molecular formula is C10H14N4. The summed E-state index contributed by atoms with van der Waals surface area (Å²) in [6.45, 7) is 4.20. The predicted octanol–water partition coefficient (Wildman–Crippen LogP) is 1.95. The zero-order chi connectivity index (χ0) is 10.4. The third-order valence-corrected chi connectivity index (χ3v) is 2.17. The molecule has 74 valence electrons. The summed E-state index contributed by atoms with van der Waals surface area (Å²) in [5.41, 5.74) is 0.548. The van der Waals surface area contributed by atoms with Gasteiger partial charge in [0.2, 0.25) is 0 Å². The Kier molecular flexibility index (Phi) is 3.86. The zero-order valence-electron chi connectivity index (χ0n) is 8.49. The van der Waals surface area contributed by atoms with Crippen LogP contribution in [0.25, 0.3) is 0 Å². The van der Waals surface area contributed by atoms with Gasteiger partial charge in [0.15, 0.2) is 5.82 Å². The maximum atomic E-state index is 8.82. The standard InChI is InChI=1S/C10H14N4/c1-3-9(4-2)13-10-8(7-11)5-6-12-14-10/h5-6,9H,3-4H2,1-2H3,(H,13,14). The Bertz CT molecular complexity index is 325. The van der Waals surface area contributed by atoms with Gasteiger partial charge in [0.25, 0.3) is 0 Å². The Balaban J connectivity index is 2.80. The van der Waals surface area contributed by atoms with Crippen LogP contribution < -0.4 is 5.32 Å². The van der Waals surface area contributed by atoms with E-state index in [2.05, 4.69) is 35.4 Å². The van der Waals surface area contributed by atoms with E-state index < -0.39 is 0 Å². The van der Waals surface area contributed by atoms with E-state index in [1.165, 1.54) is 6.20 Å². The summed E-state index contributed by atoms with van der Waals surface area (Å²) in [5.74, 6) is 0.587. The van der Waals surface area contributed by atoms with Crippen LogP contribution in [-0.4, -0.2) is 16.2 Å². The summed E-state index contributed by atoms with van der Waals surface area (Å²) in [7, 11) is 0. The highest BCUT2D eigenvalue weighted by Gasteiger charge is 2.07. The Morgan fingerprint density at radius 2 is 2.21 bits per heavy atom. The monoisotopic (exact) mass is 190 g/mol. The van der Waals surface area contributed by atoms with E-state index in [1.807, 2.05) is 0 Å². The highest BCUT2D eigenvalue weighted by molar-refractivity contribution is 5.50. The minimum atomic E-state index is 0.360. The average molecular weight is 190 g/mol. The van der Waals surface area contributed by atoms with Crippen molar-refractivity contribution in [1.29, 1.82) is 5.26 Å². The quantitative estimate of drug-likeness (QED) is 0.788. The first-order chi connectivity index (χ1) is 6.81. The lowest BCUT2D eigenvalue weighted by molar-refractivity contribution is 0.666. The molecule has 0 aliphatic heterocycles. The van der Waals surface area contributed by atoms with Crippen molar-refractivity contribution in [3.8, 4) is 6.07 Å². The molecule has 0 saturated heterocycles. The molecule has 0 bridgehead atoms. The number of rotatable bonds is 4. The van der Waals surface area contributed by atoms with Crippen LogP contribution >= 0.6 is 0 Å². The average Bonchev–Trinajstić information content (AvgIpc) is 2.26. The minimum absolute atomic E-state index is 0.360. The normalized spacial score (nSPS) is 9.86. The molecule has 0 saturated carbocycles. The molecule has 0 aliphatic carbocycles. The van der Waals surface area contributed by atoms with E-state index in [-0.39, 0.29) is 0 Å². The Hall–Kier alpha value is -1.63. The molecule has 0 atom stereocenters. The smallest absolute Gasteiger partial charge is 0.166 e. The lowest BCUT2D eigenvalue weighted by Crippen LogP contribution is -2.18. The Labute approximate surface area is 84.0 Å². The fraction of sp³-hybridized carbons (Fsp3) is 0.500. The van der Waals surface area contributed by atoms with Crippen LogP contribution in [0, 0.1) is 11.3 Å². The van der Waals surface area contributed by atoms with Crippen LogP contribution in [0.2, 0.25) is 0 Å². The molecule has 4 nitrogen and oxygen atoms in total. The fourth-order valence-corrected chi connectivity index (χ4v) is 1.21. The topological polar surface area (TPSA) is 61.6 Å². The molecule has 0 aliphatic rings. The number of hydrogen-bond acceptors (Lipinski definition) is 4. The van der Waals surface area contributed by atoms with Gasteiger partial charge in [-0.1, -0.05) is 13.8 Å². The maximum absolute atomic E-state index is 8.82. The summed E-state index contributed by atoms with van der Waals surface area (Å²) in [6.07, 6.45) is 3.55. The van der Waals surface area contributed by atoms with E-state index in [1.54, 1.807) is 6.07 Å². The van der Waals surface area contributed by atoms with Crippen molar-refractivity contribution in [2.45, 2.75) is 32.7 Å². The van der Waals surface area contributed by atoms with Gasteiger partial charge in [0.1, 0.15) is 6.07 Å². The summed E-state index contributed by atoms with van der Waals surface area (Å²) < 4.78 is 0. The Morgan fingerprint density at radius 3 is 2.79 bits per heavy atom. The van der Waals surface area contributed by atoms with Crippen molar-refractivity contribution in [3.05, 3.63) is 17.8 Å². The van der Waals surface area contributed by atoms with Crippen molar-refractivity contribution < 1.29 is 0 Å². The third kappa shape index (κ3) is 2.43. The molecule has 0 aromatic carbocycles. The summed E-state index contributed by atoms with van der Waals surface area (Å²) >= 11 is 0. The van der Waals surface area contributed by atoms with Crippen LogP contribution in [-0.2, 0) is 0 Å². The number of aromatic nitrogens is 2. The van der Waals surface area contributed by atoms with Crippen LogP contribution in [0.15, 0.2) is 12.3 Å². The molecule has 4 heteroatoms. The molecule has 1 aromatic rings. The van der Waals surface area contributed by atoms with E-state index in [4.69, 9.17) is 5.26 Å². The second kappa shape index (κ2) is 5.18. The molecule has 1 N–H and O–H groups in total. The zero-order valence-corrected chi connectivity index (χ0v) is 8.49. The van der Waals surface area contributed by atoms with Crippen molar-refractivity contribution in [2.75, 3.05) is 5.32 Å². The number of nitrogens with zero attached hydrogens (tertiary/aromatic N) is 3. The van der Waals surface area contributed by atoms with Gasteiger partial charge in [-0.05, 0) is 18.9 Å². The number of hydrogen-bond donors (Lipinski definition) is 1. The predicted molar refractivity (Wildman–Crippen MR) is 54.7 cm³/mol. The summed E-state index contributed by atoms with van der Waals surface area (Å²) in [6, 6.07) is 4.11. The molecular weight excluding hydrogens is 176 g/mol. The van der Waals surface area contributed by atoms with Gasteiger partial charge >= 0.3 is 0 Å². The van der Waals surface area contributed by atoms with Gasteiger partial charge in [-0.25, -0.2) is 0 Å². The molecule has 0 unspecified atom stereocenters.